The largest absolute Gasteiger partial charge is 0.457 e. The maximum atomic E-state index is 12.4. The van der Waals surface area contributed by atoms with Gasteiger partial charge in [0, 0.05) is 39.3 Å². The number of benzene rings is 3. The lowest BCUT2D eigenvalue weighted by molar-refractivity contribution is -0.115. The Morgan fingerprint density at radius 3 is 2.12 bits per heavy atom. The molecular formula is C41H56N6O2. The molecule has 1 aromatic heterocycles. The second-order valence-electron chi connectivity index (χ2n) is 12.2. The Morgan fingerprint density at radius 2 is 1.61 bits per heavy atom. The van der Waals surface area contributed by atoms with E-state index in [-0.39, 0.29) is 11.7 Å². The minimum atomic E-state index is -0.172. The van der Waals surface area contributed by atoms with E-state index in [1.165, 1.54) is 48.7 Å². The SMILES string of the molecule is C=C/C=C/CN(C)C1CC1.CC(=O)N(c1ccc(Oc2ccccc2)cc1C)c1c(C)ncnc1N.CCC.Cc1cccc(N(C)C)c1. The van der Waals surface area contributed by atoms with Crippen LogP contribution in [0.5, 0.6) is 11.5 Å². The summed E-state index contributed by atoms with van der Waals surface area (Å²) in [7, 11) is 6.27. The molecular weight excluding hydrogens is 608 g/mol. The third kappa shape index (κ3) is 14.0. The van der Waals surface area contributed by atoms with Crippen LogP contribution in [0.1, 0.15) is 56.9 Å². The lowest BCUT2D eigenvalue weighted by Crippen LogP contribution is -2.26. The number of rotatable bonds is 9. The van der Waals surface area contributed by atoms with E-state index < -0.39 is 0 Å². The van der Waals surface area contributed by atoms with Gasteiger partial charge >= 0.3 is 0 Å². The third-order valence-corrected chi connectivity index (χ3v) is 7.31. The van der Waals surface area contributed by atoms with Gasteiger partial charge in [-0.2, -0.15) is 0 Å². The summed E-state index contributed by atoms with van der Waals surface area (Å²) in [6.07, 6.45) is 11.4. The van der Waals surface area contributed by atoms with Crippen LogP contribution in [0, 0.1) is 20.8 Å². The van der Waals surface area contributed by atoms with Crippen molar-refractivity contribution in [2.24, 2.45) is 0 Å². The van der Waals surface area contributed by atoms with Gasteiger partial charge in [0.05, 0.1) is 11.4 Å². The molecule has 1 heterocycles. The fourth-order valence-electron chi connectivity index (χ4n) is 4.67. The predicted octanol–water partition coefficient (Wildman–Crippen LogP) is 9.45. The average molecular weight is 665 g/mol. The number of likely N-dealkylation sites (N-methyl/N-ethyl adjacent to an activating group) is 1. The molecule has 1 aliphatic rings. The van der Waals surface area contributed by atoms with E-state index in [9.17, 15) is 4.79 Å². The summed E-state index contributed by atoms with van der Waals surface area (Å²) >= 11 is 0. The molecule has 0 atom stereocenters. The van der Waals surface area contributed by atoms with E-state index in [1.807, 2.05) is 67.6 Å². The molecule has 2 N–H and O–H groups in total. The molecule has 0 unspecified atom stereocenters. The van der Waals surface area contributed by atoms with Gasteiger partial charge in [0.2, 0.25) is 5.91 Å². The minimum absolute atomic E-state index is 0.172. The zero-order valence-corrected chi connectivity index (χ0v) is 31.0. The van der Waals surface area contributed by atoms with E-state index in [1.54, 1.807) is 6.92 Å². The Labute approximate surface area is 295 Å². The molecule has 1 saturated carbocycles. The topological polar surface area (TPSA) is 87.8 Å². The molecule has 262 valence electrons. The monoisotopic (exact) mass is 664 g/mol. The van der Waals surface area contributed by atoms with Crippen molar-refractivity contribution in [1.29, 1.82) is 0 Å². The summed E-state index contributed by atoms with van der Waals surface area (Å²) in [5.74, 6) is 1.53. The number of hydrogen-bond donors (Lipinski definition) is 1. The van der Waals surface area contributed by atoms with Crippen LogP contribution >= 0.6 is 0 Å². The summed E-state index contributed by atoms with van der Waals surface area (Å²) in [5, 5.41) is 0. The fraction of sp³-hybridized carbons (Fsp3) is 0.341. The number of aryl methyl sites for hydroxylation is 3. The smallest absolute Gasteiger partial charge is 0.228 e. The van der Waals surface area contributed by atoms with E-state index in [0.29, 0.717) is 22.8 Å². The molecule has 0 aliphatic heterocycles. The first-order valence-electron chi connectivity index (χ1n) is 16.9. The lowest BCUT2D eigenvalue weighted by Gasteiger charge is -2.25. The van der Waals surface area contributed by atoms with Gasteiger partial charge in [-0.15, -0.1) is 0 Å². The normalized spacial score (nSPS) is 11.6. The van der Waals surface area contributed by atoms with Gasteiger partial charge in [-0.1, -0.05) is 75.4 Å². The summed E-state index contributed by atoms with van der Waals surface area (Å²) < 4.78 is 5.85. The summed E-state index contributed by atoms with van der Waals surface area (Å²) in [5.41, 5.74) is 11.3. The Kier molecular flexibility index (Phi) is 17.3. The van der Waals surface area contributed by atoms with Crippen LogP contribution in [0.15, 0.2) is 104 Å². The zero-order valence-electron chi connectivity index (χ0n) is 31.0. The Hall–Kier alpha value is -4.95. The van der Waals surface area contributed by atoms with E-state index in [2.05, 4.69) is 98.6 Å². The van der Waals surface area contributed by atoms with Crippen molar-refractivity contribution in [3.8, 4) is 11.5 Å². The number of amides is 1. The molecule has 0 bridgehead atoms. The summed E-state index contributed by atoms with van der Waals surface area (Å²) in [4.78, 5) is 26.6. The second kappa shape index (κ2) is 21.1. The van der Waals surface area contributed by atoms with Gasteiger partial charge in [-0.3, -0.25) is 14.6 Å². The van der Waals surface area contributed by atoms with Crippen LogP contribution in [0.3, 0.4) is 0 Å². The maximum absolute atomic E-state index is 12.4. The zero-order chi connectivity index (χ0) is 36.3. The van der Waals surface area contributed by atoms with Crippen molar-refractivity contribution in [2.45, 2.75) is 66.8 Å². The molecule has 8 heteroatoms. The highest BCUT2D eigenvalue weighted by Gasteiger charge is 2.25. The van der Waals surface area contributed by atoms with Crippen molar-refractivity contribution in [1.82, 2.24) is 14.9 Å². The van der Waals surface area contributed by atoms with Gasteiger partial charge in [-0.05, 0) is 94.3 Å². The summed E-state index contributed by atoms with van der Waals surface area (Å²) in [6, 6.07) is 24.4. The van der Waals surface area contributed by atoms with Crippen LogP contribution < -0.4 is 20.3 Å². The molecule has 8 nitrogen and oxygen atoms in total. The number of carbonyl (C=O) groups excluding carboxylic acids is 1. The van der Waals surface area contributed by atoms with Crippen LogP contribution in [-0.2, 0) is 4.79 Å². The fourth-order valence-corrected chi connectivity index (χ4v) is 4.67. The number of para-hydroxylation sites is 1. The van der Waals surface area contributed by atoms with Gasteiger partial charge < -0.3 is 15.4 Å². The summed E-state index contributed by atoms with van der Waals surface area (Å²) in [6.45, 7) is 16.2. The van der Waals surface area contributed by atoms with Crippen LogP contribution in [0.2, 0.25) is 0 Å². The van der Waals surface area contributed by atoms with Crippen molar-refractivity contribution in [3.05, 3.63) is 121 Å². The van der Waals surface area contributed by atoms with Crippen LogP contribution in [-0.4, -0.2) is 54.5 Å². The van der Waals surface area contributed by atoms with Crippen LogP contribution in [0.4, 0.5) is 22.9 Å². The molecule has 0 saturated heterocycles. The number of hydrogen-bond acceptors (Lipinski definition) is 7. The Bertz CT molecular complexity index is 1600. The van der Waals surface area contributed by atoms with Crippen molar-refractivity contribution < 1.29 is 9.53 Å². The standard InChI is InChI=1S/C20H20N4O2.C9H13N.C9H15N.C3H8/c1-13-11-17(26-16-7-5-4-6-8-16)9-10-18(13)24(15(3)25)19-14(2)22-12-23-20(19)21;1-8-5-4-6-9(7-8)10(2)3;1-3-4-5-8-10(2)9-6-7-9;1-3-2/h4-12H,1-3H3,(H2,21,22,23);4-7H,1-3H3;3-5,9H,1,6-8H2,2H3;3H2,1-2H3/b;;5-4+;. The first kappa shape index (κ1) is 40.2. The number of nitrogens with zero attached hydrogens (tertiary/aromatic N) is 5. The number of carbonyl (C=O) groups is 1. The highest BCUT2D eigenvalue weighted by Crippen LogP contribution is 2.35. The molecule has 1 fully saturated rings. The molecule has 0 radical (unpaired) electrons. The first-order chi connectivity index (χ1) is 23.4. The number of allylic oxidation sites excluding steroid dienone is 2. The maximum Gasteiger partial charge on any atom is 0.228 e. The van der Waals surface area contributed by atoms with Gasteiger partial charge in [0.25, 0.3) is 0 Å². The van der Waals surface area contributed by atoms with Gasteiger partial charge in [0.1, 0.15) is 23.5 Å². The number of anilines is 4. The number of nitrogen functional groups attached to an aromatic ring is 1. The van der Waals surface area contributed by atoms with Gasteiger partial charge in [-0.25, -0.2) is 9.97 Å². The van der Waals surface area contributed by atoms with Crippen molar-refractivity contribution in [2.75, 3.05) is 43.2 Å². The lowest BCUT2D eigenvalue weighted by atomic mass is 10.1. The third-order valence-electron chi connectivity index (χ3n) is 7.31. The number of ether oxygens (including phenoxy) is 1. The Balaban J connectivity index is 0.000000296. The first-order valence-corrected chi connectivity index (χ1v) is 16.9. The molecule has 1 amide bonds. The van der Waals surface area contributed by atoms with E-state index in [4.69, 9.17) is 10.5 Å². The van der Waals surface area contributed by atoms with Crippen molar-refractivity contribution in [3.63, 3.8) is 0 Å². The van der Waals surface area contributed by atoms with Crippen LogP contribution in [0.25, 0.3) is 0 Å². The molecule has 4 aromatic rings. The number of nitrogens with two attached hydrogens (primary N) is 1. The molecule has 5 rings (SSSR count). The van der Waals surface area contributed by atoms with Crippen molar-refractivity contribution >= 4 is 28.8 Å². The van der Waals surface area contributed by atoms with Gasteiger partial charge in [0.15, 0.2) is 5.82 Å². The minimum Gasteiger partial charge on any atom is -0.457 e. The predicted molar refractivity (Wildman–Crippen MR) is 208 cm³/mol. The average Bonchev–Trinajstić information content (AvgIpc) is 3.91. The molecule has 1 aliphatic carbocycles. The molecule has 49 heavy (non-hydrogen) atoms. The number of aromatic nitrogens is 2. The molecule has 3 aromatic carbocycles. The van der Waals surface area contributed by atoms with E-state index in [0.717, 1.165) is 23.9 Å². The molecule has 0 spiro atoms. The highest BCUT2D eigenvalue weighted by molar-refractivity contribution is 6.02. The Morgan fingerprint density at radius 1 is 0.939 bits per heavy atom. The quantitative estimate of drug-likeness (QED) is 0.178. The second-order valence-corrected chi connectivity index (χ2v) is 12.2. The highest BCUT2D eigenvalue weighted by atomic mass is 16.5. The van der Waals surface area contributed by atoms with E-state index >= 15 is 0 Å².